The molecule has 3 aromatic rings. The highest BCUT2D eigenvalue weighted by molar-refractivity contribution is 7.98. The fourth-order valence-electron chi connectivity index (χ4n) is 3.02. The molecule has 4 rings (SSSR count). The third-order valence-electron chi connectivity index (χ3n) is 4.42. The number of hydrogen-bond donors (Lipinski definition) is 0. The number of nitriles is 1. The van der Waals surface area contributed by atoms with Crippen LogP contribution < -0.4 is 4.90 Å². The van der Waals surface area contributed by atoms with Crippen LogP contribution in [0.2, 0.25) is 0 Å². The Morgan fingerprint density at radius 3 is 2.52 bits per heavy atom. The molecule has 1 aliphatic rings. The Morgan fingerprint density at radius 1 is 1.00 bits per heavy atom. The first-order valence-electron chi connectivity index (χ1n) is 8.81. The van der Waals surface area contributed by atoms with Gasteiger partial charge in [-0.3, -0.25) is 4.57 Å². The maximum Gasteiger partial charge on any atom is 0.232 e. The minimum atomic E-state index is 0.664. The normalized spacial score (nSPS) is 14.1. The van der Waals surface area contributed by atoms with Crippen molar-refractivity contribution in [2.45, 2.75) is 10.9 Å². The zero-order chi connectivity index (χ0) is 18.5. The number of thioether (sulfide) groups is 1. The third kappa shape index (κ3) is 3.82. The summed E-state index contributed by atoms with van der Waals surface area (Å²) in [5, 5.41) is 19.0. The summed E-state index contributed by atoms with van der Waals surface area (Å²) in [5.74, 6) is 1.50. The molecule has 136 valence electrons. The molecule has 6 nitrogen and oxygen atoms in total. The molecule has 0 amide bonds. The highest BCUT2D eigenvalue weighted by atomic mass is 32.2. The van der Waals surface area contributed by atoms with Crippen LogP contribution in [0.25, 0.3) is 5.69 Å². The van der Waals surface area contributed by atoms with Gasteiger partial charge < -0.3 is 9.64 Å². The van der Waals surface area contributed by atoms with Gasteiger partial charge in [0.2, 0.25) is 5.95 Å². The van der Waals surface area contributed by atoms with Gasteiger partial charge in [0, 0.05) is 18.8 Å². The SMILES string of the molecule is N#Cc1ccccc1CSc1nnc(N2CCOCC2)n1-c1ccccc1. The maximum atomic E-state index is 9.31. The van der Waals surface area contributed by atoms with Gasteiger partial charge >= 0.3 is 0 Å². The second kappa shape index (κ2) is 8.25. The Bertz CT molecular complexity index is 945. The predicted molar refractivity (Wildman–Crippen MR) is 105 cm³/mol. The molecule has 1 saturated heterocycles. The van der Waals surface area contributed by atoms with Gasteiger partial charge in [0.25, 0.3) is 0 Å². The molecule has 1 aliphatic heterocycles. The van der Waals surface area contributed by atoms with Crippen molar-refractivity contribution in [1.29, 1.82) is 5.26 Å². The molecule has 0 atom stereocenters. The Kier molecular flexibility index (Phi) is 5.37. The van der Waals surface area contributed by atoms with Crippen molar-refractivity contribution >= 4 is 17.7 Å². The molecule has 0 unspecified atom stereocenters. The molecule has 2 aromatic carbocycles. The number of aromatic nitrogens is 3. The van der Waals surface area contributed by atoms with E-state index in [4.69, 9.17) is 4.74 Å². The third-order valence-corrected chi connectivity index (χ3v) is 5.40. The van der Waals surface area contributed by atoms with Crippen LogP contribution >= 0.6 is 11.8 Å². The fraction of sp³-hybridized carbons (Fsp3) is 0.250. The molecular formula is C20H19N5OS. The van der Waals surface area contributed by atoms with Crippen LogP contribution in [0.15, 0.2) is 59.8 Å². The maximum absolute atomic E-state index is 9.31. The minimum Gasteiger partial charge on any atom is -0.378 e. The van der Waals surface area contributed by atoms with Crippen LogP contribution in [0.5, 0.6) is 0 Å². The first-order valence-corrected chi connectivity index (χ1v) is 9.80. The van der Waals surface area contributed by atoms with E-state index in [9.17, 15) is 5.26 Å². The number of anilines is 1. The van der Waals surface area contributed by atoms with Gasteiger partial charge in [-0.2, -0.15) is 5.26 Å². The van der Waals surface area contributed by atoms with Crippen LogP contribution in [0.3, 0.4) is 0 Å². The average Bonchev–Trinajstić information content (AvgIpc) is 3.17. The quantitative estimate of drug-likeness (QED) is 0.636. The monoisotopic (exact) mass is 377 g/mol. The molecule has 1 fully saturated rings. The lowest BCUT2D eigenvalue weighted by molar-refractivity contribution is 0.122. The van der Waals surface area contributed by atoms with E-state index >= 15 is 0 Å². The van der Waals surface area contributed by atoms with E-state index in [1.165, 1.54) is 0 Å². The topological polar surface area (TPSA) is 67.0 Å². The van der Waals surface area contributed by atoms with Crippen molar-refractivity contribution in [2.75, 3.05) is 31.2 Å². The van der Waals surface area contributed by atoms with Crippen LogP contribution in [-0.2, 0) is 10.5 Å². The molecular weight excluding hydrogens is 358 g/mol. The second-order valence-electron chi connectivity index (χ2n) is 6.11. The van der Waals surface area contributed by atoms with Gasteiger partial charge in [-0.1, -0.05) is 48.2 Å². The van der Waals surface area contributed by atoms with Crippen molar-refractivity contribution < 1.29 is 4.74 Å². The van der Waals surface area contributed by atoms with Gasteiger partial charge in [-0.05, 0) is 23.8 Å². The molecule has 0 N–H and O–H groups in total. The number of rotatable bonds is 5. The van der Waals surface area contributed by atoms with Crippen molar-refractivity contribution in [3.8, 4) is 11.8 Å². The average molecular weight is 377 g/mol. The number of ether oxygens (including phenoxy) is 1. The van der Waals surface area contributed by atoms with Gasteiger partial charge in [0.1, 0.15) is 0 Å². The Hall–Kier alpha value is -2.82. The summed E-state index contributed by atoms with van der Waals surface area (Å²) in [6.07, 6.45) is 0. The van der Waals surface area contributed by atoms with Gasteiger partial charge in [-0.15, -0.1) is 10.2 Å². The molecule has 2 heterocycles. The largest absolute Gasteiger partial charge is 0.378 e. The summed E-state index contributed by atoms with van der Waals surface area (Å²) < 4.78 is 7.56. The summed E-state index contributed by atoms with van der Waals surface area (Å²) >= 11 is 1.59. The van der Waals surface area contributed by atoms with Crippen molar-refractivity contribution in [1.82, 2.24) is 14.8 Å². The lowest BCUT2D eigenvalue weighted by Crippen LogP contribution is -2.37. The first kappa shape index (κ1) is 17.6. The van der Waals surface area contributed by atoms with E-state index < -0.39 is 0 Å². The molecule has 0 radical (unpaired) electrons. The van der Waals surface area contributed by atoms with Crippen molar-refractivity contribution in [2.24, 2.45) is 0 Å². The minimum absolute atomic E-state index is 0.664. The van der Waals surface area contributed by atoms with Crippen LogP contribution in [0.1, 0.15) is 11.1 Å². The molecule has 27 heavy (non-hydrogen) atoms. The number of benzene rings is 2. The zero-order valence-electron chi connectivity index (χ0n) is 14.8. The summed E-state index contributed by atoms with van der Waals surface area (Å²) in [5.41, 5.74) is 2.73. The Labute approximate surface area is 162 Å². The second-order valence-corrected chi connectivity index (χ2v) is 7.05. The van der Waals surface area contributed by atoms with Crippen LogP contribution in [0.4, 0.5) is 5.95 Å². The van der Waals surface area contributed by atoms with E-state index in [-0.39, 0.29) is 0 Å². The molecule has 0 bridgehead atoms. The van der Waals surface area contributed by atoms with E-state index in [2.05, 4.69) is 37.9 Å². The molecule has 0 aliphatic carbocycles. The van der Waals surface area contributed by atoms with Crippen LogP contribution in [0, 0.1) is 11.3 Å². The molecule has 0 spiro atoms. The molecule has 7 heteroatoms. The molecule has 0 saturated carbocycles. The summed E-state index contributed by atoms with van der Waals surface area (Å²) in [4.78, 5) is 2.21. The van der Waals surface area contributed by atoms with E-state index in [1.807, 2.05) is 42.5 Å². The lowest BCUT2D eigenvalue weighted by atomic mass is 10.1. The number of morpholine rings is 1. The van der Waals surface area contributed by atoms with E-state index in [1.54, 1.807) is 11.8 Å². The van der Waals surface area contributed by atoms with Crippen molar-refractivity contribution in [3.05, 3.63) is 65.7 Å². The predicted octanol–water partition coefficient (Wildman–Crippen LogP) is 3.27. The Balaban J connectivity index is 1.66. The van der Waals surface area contributed by atoms with Crippen molar-refractivity contribution in [3.63, 3.8) is 0 Å². The van der Waals surface area contributed by atoms with E-state index in [0.29, 0.717) is 24.5 Å². The highest BCUT2D eigenvalue weighted by Gasteiger charge is 2.21. The van der Waals surface area contributed by atoms with Gasteiger partial charge in [-0.25, -0.2) is 0 Å². The number of para-hydroxylation sites is 1. The first-order chi connectivity index (χ1) is 13.4. The molecule has 1 aromatic heterocycles. The summed E-state index contributed by atoms with van der Waals surface area (Å²) in [6.45, 7) is 2.99. The Morgan fingerprint density at radius 2 is 1.74 bits per heavy atom. The van der Waals surface area contributed by atoms with Gasteiger partial charge in [0.15, 0.2) is 5.16 Å². The summed E-state index contributed by atoms with van der Waals surface area (Å²) in [7, 11) is 0. The standard InChI is InChI=1S/C20H19N5OS/c21-14-16-6-4-5-7-17(16)15-27-20-23-22-19(24-10-12-26-13-11-24)25(20)18-8-2-1-3-9-18/h1-9H,10-13,15H2. The summed E-state index contributed by atoms with van der Waals surface area (Å²) in [6, 6.07) is 20.1. The van der Waals surface area contributed by atoms with Crippen LogP contribution in [-0.4, -0.2) is 41.1 Å². The smallest absolute Gasteiger partial charge is 0.232 e. The lowest BCUT2D eigenvalue weighted by Gasteiger charge is -2.27. The fourth-order valence-corrected chi connectivity index (χ4v) is 3.98. The number of hydrogen-bond acceptors (Lipinski definition) is 6. The highest BCUT2D eigenvalue weighted by Crippen LogP contribution is 2.29. The zero-order valence-corrected chi connectivity index (χ0v) is 15.6. The number of nitrogens with zero attached hydrogens (tertiary/aromatic N) is 5. The van der Waals surface area contributed by atoms with Gasteiger partial charge in [0.05, 0.1) is 30.5 Å². The van der Waals surface area contributed by atoms with E-state index in [0.717, 1.165) is 35.4 Å².